The van der Waals surface area contributed by atoms with Crippen molar-refractivity contribution in [3.05, 3.63) is 18.1 Å². The number of aromatic nitrogens is 2. The van der Waals surface area contributed by atoms with Crippen LogP contribution in [0, 0.1) is 5.92 Å². The molecule has 0 radical (unpaired) electrons. The molecule has 128 valence electrons. The van der Waals surface area contributed by atoms with E-state index in [2.05, 4.69) is 20.2 Å². The molecule has 1 aliphatic rings. The predicted octanol–water partition coefficient (Wildman–Crippen LogP) is 1.83. The first-order chi connectivity index (χ1) is 10.9. The highest BCUT2D eigenvalue weighted by atomic mass is 16.6. The smallest absolute Gasteiger partial charge is 0.407 e. The highest BCUT2D eigenvalue weighted by Crippen LogP contribution is 2.20. The van der Waals surface area contributed by atoms with Gasteiger partial charge in [-0.05, 0) is 39.7 Å². The number of alkyl carbamates (subject to hydrolysis) is 1. The molecule has 1 N–H and O–H groups in total. The number of amides is 1. The van der Waals surface area contributed by atoms with Gasteiger partial charge < -0.3 is 14.8 Å². The van der Waals surface area contributed by atoms with E-state index in [1.807, 2.05) is 20.8 Å². The van der Waals surface area contributed by atoms with Crippen LogP contribution in [0.4, 0.5) is 4.79 Å². The molecule has 2 heterocycles. The second-order valence-electron chi connectivity index (χ2n) is 6.78. The average molecular weight is 322 g/mol. The van der Waals surface area contributed by atoms with Crippen LogP contribution in [0.5, 0.6) is 5.88 Å². The van der Waals surface area contributed by atoms with E-state index in [0.29, 0.717) is 24.9 Å². The maximum atomic E-state index is 11.7. The van der Waals surface area contributed by atoms with Gasteiger partial charge in [0.1, 0.15) is 11.3 Å². The molecular weight excluding hydrogens is 296 g/mol. The molecule has 1 aromatic rings. The highest BCUT2D eigenvalue weighted by molar-refractivity contribution is 5.67. The summed E-state index contributed by atoms with van der Waals surface area (Å²) in [6, 6.07) is 0. The van der Waals surface area contributed by atoms with E-state index >= 15 is 0 Å². The number of carbonyl (C=O) groups excluding carboxylic acids is 1. The molecule has 7 heteroatoms. The van der Waals surface area contributed by atoms with E-state index in [9.17, 15) is 4.79 Å². The van der Waals surface area contributed by atoms with Gasteiger partial charge in [0.2, 0.25) is 5.88 Å². The maximum absolute atomic E-state index is 11.7. The van der Waals surface area contributed by atoms with Gasteiger partial charge in [-0.1, -0.05) is 0 Å². The zero-order valence-corrected chi connectivity index (χ0v) is 14.3. The molecule has 1 aliphatic heterocycles. The largest absolute Gasteiger partial charge is 0.480 e. The number of rotatable bonds is 5. The van der Waals surface area contributed by atoms with Crippen molar-refractivity contribution in [3.8, 4) is 5.88 Å². The second kappa shape index (κ2) is 7.59. The SMILES string of the molecule is COc1nccnc1CN1CCC(CNC(=O)OC(C)(C)C)C1. The Morgan fingerprint density at radius 2 is 2.13 bits per heavy atom. The molecule has 1 fully saturated rings. The van der Waals surface area contributed by atoms with E-state index in [-0.39, 0.29) is 6.09 Å². The molecule has 2 rings (SSSR count). The monoisotopic (exact) mass is 322 g/mol. The van der Waals surface area contributed by atoms with Gasteiger partial charge >= 0.3 is 6.09 Å². The van der Waals surface area contributed by atoms with Gasteiger partial charge in [0.05, 0.1) is 7.11 Å². The quantitative estimate of drug-likeness (QED) is 0.891. The summed E-state index contributed by atoms with van der Waals surface area (Å²) in [6.45, 7) is 8.80. The molecule has 1 unspecified atom stereocenters. The number of nitrogens with one attached hydrogen (secondary N) is 1. The lowest BCUT2D eigenvalue weighted by atomic mass is 10.1. The molecule has 1 aromatic heterocycles. The van der Waals surface area contributed by atoms with Crippen LogP contribution in [0.2, 0.25) is 0 Å². The Kier molecular flexibility index (Phi) is 5.76. The molecule has 1 amide bonds. The van der Waals surface area contributed by atoms with Crippen molar-refractivity contribution in [3.63, 3.8) is 0 Å². The molecule has 1 atom stereocenters. The molecule has 7 nitrogen and oxygen atoms in total. The van der Waals surface area contributed by atoms with E-state index < -0.39 is 5.60 Å². The molecular formula is C16H26N4O3. The molecule has 23 heavy (non-hydrogen) atoms. The minimum absolute atomic E-state index is 0.355. The topological polar surface area (TPSA) is 76.6 Å². The van der Waals surface area contributed by atoms with Crippen molar-refractivity contribution in [2.45, 2.75) is 39.3 Å². The van der Waals surface area contributed by atoms with Gasteiger partial charge in [0.15, 0.2) is 0 Å². The van der Waals surface area contributed by atoms with Crippen LogP contribution < -0.4 is 10.1 Å². The zero-order chi connectivity index (χ0) is 16.9. The van der Waals surface area contributed by atoms with Crippen LogP contribution in [0.15, 0.2) is 12.4 Å². The van der Waals surface area contributed by atoms with Gasteiger partial charge in [-0.15, -0.1) is 0 Å². The van der Waals surface area contributed by atoms with E-state index in [1.54, 1.807) is 19.5 Å². The Morgan fingerprint density at radius 1 is 1.39 bits per heavy atom. The fourth-order valence-corrected chi connectivity index (χ4v) is 2.61. The molecule has 0 bridgehead atoms. The Balaban J connectivity index is 1.77. The summed E-state index contributed by atoms with van der Waals surface area (Å²) in [7, 11) is 1.60. The fraction of sp³-hybridized carbons (Fsp3) is 0.688. The third kappa shape index (κ3) is 5.67. The standard InChI is InChI=1S/C16H26N4O3/c1-16(2,3)23-15(21)19-9-12-5-8-20(10-12)11-13-14(22-4)18-7-6-17-13/h6-7,12H,5,8-11H2,1-4H3,(H,19,21). The Morgan fingerprint density at radius 3 is 2.83 bits per heavy atom. The summed E-state index contributed by atoms with van der Waals surface area (Å²) in [4.78, 5) is 22.5. The van der Waals surface area contributed by atoms with E-state index in [1.165, 1.54) is 0 Å². The van der Waals surface area contributed by atoms with Crippen LogP contribution in [0.25, 0.3) is 0 Å². The predicted molar refractivity (Wildman–Crippen MR) is 86.2 cm³/mol. The number of likely N-dealkylation sites (tertiary alicyclic amines) is 1. The fourth-order valence-electron chi connectivity index (χ4n) is 2.61. The molecule has 1 saturated heterocycles. The lowest BCUT2D eigenvalue weighted by Gasteiger charge is -2.21. The summed E-state index contributed by atoms with van der Waals surface area (Å²) in [5.41, 5.74) is 0.379. The summed E-state index contributed by atoms with van der Waals surface area (Å²) in [6.07, 6.45) is 3.99. The third-order valence-electron chi connectivity index (χ3n) is 3.61. The average Bonchev–Trinajstić information content (AvgIpc) is 2.91. The number of nitrogens with zero attached hydrogens (tertiary/aromatic N) is 3. The third-order valence-corrected chi connectivity index (χ3v) is 3.61. The highest BCUT2D eigenvalue weighted by Gasteiger charge is 2.25. The number of methoxy groups -OCH3 is 1. The summed E-state index contributed by atoms with van der Waals surface area (Å²) in [5.74, 6) is 0.994. The maximum Gasteiger partial charge on any atom is 0.407 e. The number of carbonyl (C=O) groups is 1. The van der Waals surface area contributed by atoms with Gasteiger partial charge in [-0.2, -0.15) is 0 Å². The first-order valence-corrected chi connectivity index (χ1v) is 7.90. The van der Waals surface area contributed by atoms with Crippen molar-refractivity contribution < 1.29 is 14.3 Å². The first kappa shape index (κ1) is 17.5. The van der Waals surface area contributed by atoms with Gasteiger partial charge in [0, 0.05) is 32.0 Å². The molecule has 0 aliphatic carbocycles. The van der Waals surface area contributed by atoms with Gasteiger partial charge in [0.25, 0.3) is 0 Å². The van der Waals surface area contributed by atoms with Crippen molar-refractivity contribution in [2.24, 2.45) is 5.92 Å². The Bertz CT molecular complexity index is 530. The second-order valence-corrected chi connectivity index (χ2v) is 6.78. The van der Waals surface area contributed by atoms with Crippen molar-refractivity contribution in [1.29, 1.82) is 0 Å². The Hall–Kier alpha value is -1.89. The minimum Gasteiger partial charge on any atom is -0.480 e. The lowest BCUT2D eigenvalue weighted by Crippen LogP contribution is -2.36. The van der Waals surface area contributed by atoms with Crippen molar-refractivity contribution >= 4 is 6.09 Å². The van der Waals surface area contributed by atoms with Crippen LogP contribution in [-0.4, -0.2) is 53.3 Å². The molecule has 0 saturated carbocycles. The van der Waals surface area contributed by atoms with Crippen molar-refractivity contribution in [2.75, 3.05) is 26.7 Å². The summed E-state index contributed by atoms with van der Waals surface area (Å²) in [5, 5.41) is 2.85. The Labute approximate surface area is 137 Å². The van der Waals surface area contributed by atoms with Crippen molar-refractivity contribution in [1.82, 2.24) is 20.2 Å². The first-order valence-electron chi connectivity index (χ1n) is 7.90. The number of hydrogen-bond acceptors (Lipinski definition) is 6. The van der Waals surface area contributed by atoms with Gasteiger partial charge in [-0.3, -0.25) is 9.88 Å². The molecule has 0 spiro atoms. The lowest BCUT2D eigenvalue weighted by molar-refractivity contribution is 0.0519. The van der Waals surface area contributed by atoms with Gasteiger partial charge in [-0.25, -0.2) is 9.78 Å². The van der Waals surface area contributed by atoms with E-state index in [4.69, 9.17) is 9.47 Å². The number of hydrogen-bond donors (Lipinski definition) is 1. The van der Waals surface area contributed by atoms with Crippen LogP contribution in [-0.2, 0) is 11.3 Å². The summed E-state index contributed by atoms with van der Waals surface area (Å²) >= 11 is 0. The minimum atomic E-state index is -0.464. The number of ether oxygens (including phenoxy) is 2. The zero-order valence-electron chi connectivity index (χ0n) is 14.3. The van der Waals surface area contributed by atoms with Crippen LogP contribution in [0.3, 0.4) is 0 Å². The molecule has 0 aromatic carbocycles. The summed E-state index contributed by atoms with van der Waals surface area (Å²) < 4.78 is 10.5. The normalized spacial score (nSPS) is 18.7. The van der Waals surface area contributed by atoms with Crippen LogP contribution >= 0.6 is 0 Å². The van der Waals surface area contributed by atoms with E-state index in [0.717, 1.165) is 25.2 Å². The van der Waals surface area contributed by atoms with Crippen LogP contribution in [0.1, 0.15) is 32.9 Å².